The van der Waals surface area contributed by atoms with Gasteiger partial charge in [0, 0.05) is 29.1 Å². The average molecular weight is 335 g/mol. The minimum Gasteiger partial charge on any atom is -0.303 e. The lowest BCUT2D eigenvalue weighted by Crippen LogP contribution is -2.33. The highest BCUT2D eigenvalue weighted by Gasteiger charge is 2.25. The second-order valence-corrected chi connectivity index (χ2v) is 7.44. The van der Waals surface area contributed by atoms with Crippen molar-refractivity contribution in [3.05, 3.63) is 71.9 Å². The van der Waals surface area contributed by atoms with Gasteiger partial charge >= 0.3 is 0 Å². The minimum atomic E-state index is 1.28. The molecule has 6 rings (SSSR count). The zero-order valence-electron chi connectivity index (χ0n) is 15.2. The summed E-state index contributed by atoms with van der Waals surface area (Å²) in [5.74, 6) is 0. The lowest BCUT2D eigenvalue weighted by atomic mass is 9.98. The zero-order valence-corrected chi connectivity index (χ0v) is 15.2. The van der Waals surface area contributed by atoms with Crippen molar-refractivity contribution >= 4 is 49.0 Å². The summed E-state index contributed by atoms with van der Waals surface area (Å²) in [6, 6.07) is 22.3. The van der Waals surface area contributed by atoms with Gasteiger partial charge in [-0.1, -0.05) is 42.5 Å². The summed E-state index contributed by atoms with van der Waals surface area (Å²) >= 11 is 0. The van der Waals surface area contributed by atoms with E-state index < -0.39 is 0 Å². The summed E-state index contributed by atoms with van der Waals surface area (Å²) in [5.41, 5.74) is 7.86. The van der Waals surface area contributed by atoms with E-state index in [4.69, 9.17) is 0 Å². The molecule has 0 amide bonds. The average Bonchev–Trinajstić information content (AvgIpc) is 2.98. The van der Waals surface area contributed by atoms with Crippen LogP contribution < -0.4 is 4.57 Å². The molecule has 2 heteroatoms. The number of aryl methyl sites for hydroxylation is 3. The van der Waals surface area contributed by atoms with E-state index in [2.05, 4.69) is 90.5 Å². The molecule has 2 nitrogen and oxygen atoms in total. The Morgan fingerprint density at radius 3 is 2.46 bits per heavy atom. The van der Waals surface area contributed by atoms with Crippen LogP contribution in [-0.2, 0) is 7.05 Å². The minimum absolute atomic E-state index is 1.28. The molecule has 0 N–H and O–H groups in total. The summed E-state index contributed by atoms with van der Waals surface area (Å²) in [5, 5.41) is 6.72. The van der Waals surface area contributed by atoms with E-state index in [0.29, 0.717) is 0 Å². The molecule has 26 heavy (non-hydrogen) atoms. The summed E-state index contributed by atoms with van der Waals surface area (Å²) in [6.45, 7) is 4.44. The molecule has 0 unspecified atom stereocenters. The van der Waals surface area contributed by atoms with E-state index in [1.54, 1.807) is 0 Å². The van der Waals surface area contributed by atoms with Gasteiger partial charge in [-0.3, -0.25) is 0 Å². The fourth-order valence-corrected chi connectivity index (χ4v) is 4.78. The number of benzene rings is 3. The van der Waals surface area contributed by atoms with E-state index >= 15 is 0 Å². The van der Waals surface area contributed by atoms with Crippen molar-refractivity contribution < 1.29 is 4.57 Å². The highest BCUT2D eigenvalue weighted by Crippen LogP contribution is 2.40. The number of pyridine rings is 2. The number of hydrogen-bond donors (Lipinski definition) is 0. The van der Waals surface area contributed by atoms with E-state index in [-0.39, 0.29) is 0 Å². The first kappa shape index (κ1) is 14.1. The maximum absolute atomic E-state index is 2.47. The van der Waals surface area contributed by atoms with Crippen molar-refractivity contribution in [1.82, 2.24) is 4.40 Å². The second-order valence-electron chi connectivity index (χ2n) is 7.44. The first-order valence-electron chi connectivity index (χ1n) is 9.12. The van der Waals surface area contributed by atoms with Crippen molar-refractivity contribution in [1.29, 1.82) is 0 Å². The Balaban J connectivity index is 2.18. The van der Waals surface area contributed by atoms with Gasteiger partial charge in [0.15, 0.2) is 5.69 Å². The molecular formula is C24H19N2+. The Bertz CT molecular complexity index is 1500. The first-order chi connectivity index (χ1) is 12.7. The topological polar surface area (TPSA) is 8.29 Å². The molecule has 3 heterocycles. The van der Waals surface area contributed by atoms with Gasteiger partial charge in [0.05, 0.1) is 16.4 Å². The largest absolute Gasteiger partial charge is 0.303 e. The Hall–Kier alpha value is -3.13. The molecule has 0 aliphatic carbocycles. The maximum atomic E-state index is 2.47. The van der Waals surface area contributed by atoms with Crippen LogP contribution in [0.3, 0.4) is 0 Å². The molecule has 0 saturated heterocycles. The van der Waals surface area contributed by atoms with Crippen LogP contribution in [0.5, 0.6) is 0 Å². The lowest BCUT2D eigenvalue weighted by Gasteiger charge is -2.13. The van der Waals surface area contributed by atoms with Crippen molar-refractivity contribution in [2.24, 2.45) is 7.05 Å². The van der Waals surface area contributed by atoms with Crippen LogP contribution >= 0.6 is 0 Å². The molecule has 0 spiro atoms. The van der Waals surface area contributed by atoms with E-state index in [1.165, 1.54) is 60.3 Å². The van der Waals surface area contributed by atoms with Gasteiger partial charge in [0.2, 0.25) is 5.52 Å². The van der Waals surface area contributed by atoms with Crippen LogP contribution in [0.2, 0.25) is 0 Å². The van der Waals surface area contributed by atoms with Crippen LogP contribution in [-0.4, -0.2) is 4.40 Å². The highest BCUT2D eigenvalue weighted by atomic mass is 15.0. The number of nitrogens with zero attached hydrogens (tertiary/aromatic N) is 2. The number of fused-ring (bicyclic) bond motifs is 5. The molecule has 3 aromatic carbocycles. The molecule has 0 saturated carbocycles. The Morgan fingerprint density at radius 2 is 1.58 bits per heavy atom. The van der Waals surface area contributed by atoms with E-state index in [9.17, 15) is 0 Å². The van der Waals surface area contributed by atoms with Crippen LogP contribution in [0.25, 0.3) is 49.0 Å². The predicted octanol–water partition coefficient (Wildman–Crippen LogP) is 5.43. The van der Waals surface area contributed by atoms with Gasteiger partial charge in [0.1, 0.15) is 12.6 Å². The van der Waals surface area contributed by atoms with Crippen molar-refractivity contribution in [2.75, 3.05) is 0 Å². The van der Waals surface area contributed by atoms with Crippen molar-refractivity contribution in [2.45, 2.75) is 13.8 Å². The standard InChI is InChI=1S/C24H19N2/c1-14-11-12-16-7-6-10-20-22(16)21(14)24-23-18(13-15(2)25(24)3)17-8-4-5-9-19(17)26(20)23/h4-13H,1-3H3/q+1. The molecule has 0 aliphatic heterocycles. The van der Waals surface area contributed by atoms with Crippen LogP contribution in [0.4, 0.5) is 0 Å². The highest BCUT2D eigenvalue weighted by molar-refractivity contribution is 6.25. The molecule has 0 aliphatic rings. The number of rotatable bonds is 0. The molecule has 0 bridgehead atoms. The molecular weight excluding hydrogens is 316 g/mol. The summed E-state index contributed by atoms with van der Waals surface area (Å²) in [4.78, 5) is 0. The summed E-state index contributed by atoms with van der Waals surface area (Å²) in [6.07, 6.45) is 0. The third-order valence-corrected chi connectivity index (χ3v) is 6.07. The number of aromatic nitrogens is 2. The SMILES string of the molecule is Cc1ccc2cccc3c2c1c1c2c(cc(C)[n+]1C)c1ccccc1n32. The van der Waals surface area contributed by atoms with Gasteiger partial charge in [-0.15, -0.1) is 0 Å². The normalized spacial score (nSPS) is 12.4. The second kappa shape index (κ2) is 4.53. The number of para-hydroxylation sites is 1. The third-order valence-electron chi connectivity index (χ3n) is 6.07. The van der Waals surface area contributed by atoms with Gasteiger partial charge in [-0.05, 0) is 30.0 Å². The van der Waals surface area contributed by atoms with E-state index in [0.717, 1.165) is 0 Å². The molecule has 0 fully saturated rings. The monoisotopic (exact) mass is 335 g/mol. The molecule has 6 aromatic rings. The molecule has 3 aromatic heterocycles. The van der Waals surface area contributed by atoms with Crippen molar-refractivity contribution in [3.8, 4) is 0 Å². The number of hydrogen-bond acceptors (Lipinski definition) is 0. The molecule has 0 radical (unpaired) electrons. The summed E-state index contributed by atoms with van der Waals surface area (Å²) < 4.78 is 4.82. The fourth-order valence-electron chi connectivity index (χ4n) is 4.78. The third kappa shape index (κ3) is 1.47. The first-order valence-corrected chi connectivity index (χ1v) is 9.12. The van der Waals surface area contributed by atoms with Crippen LogP contribution in [0, 0.1) is 13.8 Å². The molecule has 0 atom stereocenters. The van der Waals surface area contributed by atoms with Gasteiger partial charge in [0.25, 0.3) is 0 Å². The zero-order chi connectivity index (χ0) is 17.6. The Morgan fingerprint density at radius 1 is 0.769 bits per heavy atom. The van der Waals surface area contributed by atoms with Crippen molar-refractivity contribution in [3.63, 3.8) is 0 Å². The van der Waals surface area contributed by atoms with Crippen LogP contribution in [0.15, 0.2) is 60.7 Å². The fraction of sp³-hybridized carbons (Fsp3) is 0.125. The molecule has 124 valence electrons. The van der Waals surface area contributed by atoms with E-state index in [1.807, 2.05) is 0 Å². The van der Waals surface area contributed by atoms with Gasteiger partial charge in [-0.2, -0.15) is 4.57 Å². The van der Waals surface area contributed by atoms with Gasteiger partial charge in [-0.25, -0.2) is 0 Å². The Kier molecular flexibility index (Phi) is 2.45. The smallest absolute Gasteiger partial charge is 0.238 e. The van der Waals surface area contributed by atoms with Gasteiger partial charge < -0.3 is 4.40 Å². The summed E-state index contributed by atoms with van der Waals surface area (Å²) in [7, 11) is 2.19. The Labute approximate surface area is 151 Å². The quantitative estimate of drug-likeness (QED) is 0.199. The lowest BCUT2D eigenvalue weighted by molar-refractivity contribution is -0.650. The maximum Gasteiger partial charge on any atom is 0.238 e. The van der Waals surface area contributed by atoms with Crippen LogP contribution in [0.1, 0.15) is 11.3 Å². The predicted molar refractivity (Wildman–Crippen MR) is 109 cm³/mol.